The highest BCUT2D eigenvalue weighted by atomic mass is 19.4. The van der Waals surface area contributed by atoms with E-state index in [0.29, 0.717) is 0 Å². The number of aromatic amines is 1. The van der Waals surface area contributed by atoms with E-state index in [1.807, 2.05) is 18.2 Å². The molecule has 0 unspecified atom stereocenters. The number of carbonyl (C=O) groups excluding carboxylic acids is 1. The van der Waals surface area contributed by atoms with Gasteiger partial charge in [0.1, 0.15) is 11.4 Å². The summed E-state index contributed by atoms with van der Waals surface area (Å²) in [6.07, 6.45) is -9.38. The number of piperazine rings is 1. The van der Waals surface area contributed by atoms with Crippen molar-refractivity contribution >= 4 is 34.4 Å². The molecule has 280 valence electrons. The molecule has 1 amide bonds. The molecule has 3 aromatic carbocycles. The van der Waals surface area contributed by atoms with Gasteiger partial charge >= 0.3 is 24.3 Å². The van der Waals surface area contributed by atoms with Crippen molar-refractivity contribution in [1.82, 2.24) is 20.0 Å². The predicted octanol–water partition coefficient (Wildman–Crippen LogP) is 5.36. The minimum absolute atomic E-state index is 0.0709. The molecule has 7 rings (SSSR count). The summed E-state index contributed by atoms with van der Waals surface area (Å²) in [6.45, 7) is 5.47. The van der Waals surface area contributed by atoms with Gasteiger partial charge in [0.25, 0.3) is 0 Å². The van der Waals surface area contributed by atoms with Crippen LogP contribution >= 0.6 is 0 Å². The number of nitrogens with zero attached hydrogens (tertiary/aromatic N) is 3. The van der Waals surface area contributed by atoms with Gasteiger partial charge in [0.05, 0.1) is 18.0 Å². The number of hydrogen-bond acceptors (Lipinski definition) is 7. The molecule has 2 aliphatic heterocycles. The molecule has 1 saturated carbocycles. The molecule has 1 saturated heterocycles. The lowest BCUT2D eigenvalue weighted by Crippen LogP contribution is -2.43. The van der Waals surface area contributed by atoms with Crippen LogP contribution in [0.3, 0.4) is 0 Å². The quantitative estimate of drug-likeness (QED) is 0.160. The van der Waals surface area contributed by atoms with E-state index in [9.17, 15) is 31.1 Å². The number of anilines is 1. The molecule has 3 heterocycles. The summed E-state index contributed by atoms with van der Waals surface area (Å²) in [7, 11) is 3.84. The topological polar surface area (TPSA) is 148 Å². The number of rotatable bonds is 4. The number of alkyl halides is 6. The van der Waals surface area contributed by atoms with Gasteiger partial charge in [-0.15, -0.1) is 0 Å². The Morgan fingerprint density at radius 1 is 0.925 bits per heavy atom. The minimum atomic E-state index is -5.08. The first-order valence-electron chi connectivity index (χ1n) is 16.0. The molecule has 53 heavy (non-hydrogen) atoms. The largest absolute Gasteiger partial charge is 0.497 e. The molecule has 2 atom stereocenters. The first-order valence-corrected chi connectivity index (χ1v) is 16.0. The number of fused-ring (bicyclic) bond motifs is 3. The number of amides is 1. The molecule has 1 aromatic heterocycles. The smallest absolute Gasteiger partial charge is 0.490 e. The maximum Gasteiger partial charge on any atom is 0.490 e. The van der Waals surface area contributed by atoms with Gasteiger partial charge in [-0.1, -0.05) is 24.1 Å². The number of methoxy groups -OCH3 is 1. The Balaban J connectivity index is 0.000000330. The van der Waals surface area contributed by atoms with Crippen LogP contribution in [0.4, 0.5) is 32.0 Å². The molecule has 4 N–H and O–H groups in total. The predicted molar refractivity (Wildman–Crippen MR) is 179 cm³/mol. The Bertz CT molecular complexity index is 2040. The summed E-state index contributed by atoms with van der Waals surface area (Å²) in [5.74, 6) is 1.97. The lowest BCUT2D eigenvalue weighted by atomic mass is 9.91. The Hall–Kier alpha value is -5.60. The van der Waals surface area contributed by atoms with Gasteiger partial charge in [0.2, 0.25) is 5.91 Å². The Labute approximate surface area is 298 Å². The van der Waals surface area contributed by atoms with E-state index >= 15 is 0 Å². The van der Waals surface area contributed by atoms with E-state index in [-0.39, 0.29) is 11.8 Å². The number of carboxylic acids is 2. The Morgan fingerprint density at radius 3 is 2.13 bits per heavy atom. The second-order valence-electron chi connectivity index (χ2n) is 12.6. The van der Waals surface area contributed by atoms with E-state index in [2.05, 4.69) is 86.7 Å². The first-order chi connectivity index (χ1) is 24.9. The van der Waals surface area contributed by atoms with Crippen molar-refractivity contribution in [3.05, 3.63) is 88.6 Å². The van der Waals surface area contributed by atoms with Gasteiger partial charge in [-0.3, -0.25) is 14.8 Å². The standard InChI is InChI=1S/C32H31N5O2.2C2HF3O2/c1-36-13-15-37(16-14-36)20-22-5-3-21(4-6-22)7-11-28-25-10-8-23(17-30(25)35-34-28)27-19-32(27)26-18-24(39-2)9-12-29(26)33-31(32)38;2*3-2(4,5)1(6)7/h3-6,8-10,12,17-18,27H,13-16,19-20H2,1-2H3,(H,33,38)(H,34,35);2*(H,6,7)/t27-,32-;;/m0../s1. The summed E-state index contributed by atoms with van der Waals surface area (Å²) in [5, 5.41) is 25.9. The number of hydrogen-bond donors (Lipinski definition) is 4. The highest BCUT2D eigenvalue weighted by Gasteiger charge is 2.65. The van der Waals surface area contributed by atoms with Crippen LogP contribution in [0.25, 0.3) is 10.9 Å². The van der Waals surface area contributed by atoms with E-state index in [0.717, 1.165) is 83.9 Å². The van der Waals surface area contributed by atoms with Crippen LogP contribution in [0.15, 0.2) is 60.7 Å². The molecule has 3 aliphatic rings. The van der Waals surface area contributed by atoms with Gasteiger partial charge < -0.3 is 25.2 Å². The zero-order chi connectivity index (χ0) is 38.7. The van der Waals surface area contributed by atoms with Crippen LogP contribution in [0.1, 0.15) is 40.3 Å². The molecule has 1 spiro atoms. The van der Waals surface area contributed by atoms with Crippen molar-refractivity contribution in [2.45, 2.75) is 36.7 Å². The number of likely N-dealkylation sites (N-methyl/N-ethyl adjacent to an activating group) is 1. The number of aromatic nitrogens is 2. The monoisotopic (exact) mass is 745 g/mol. The zero-order valence-electron chi connectivity index (χ0n) is 28.2. The molecule has 11 nitrogen and oxygen atoms in total. The normalized spacial score (nSPS) is 19.5. The zero-order valence-corrected chi connectivity index (χ0v) is 28.2. The summed E-state index contributed by atoms with van der Waals surface area (Å²) in [4.78, 5) is 35.7. The fraction of sp³-hybridized carbons (Fsp3) is 0.333. The summed E-state index contributed by atoms with van der Waals surface area (Å²) in [5.41, 5.74) is 6.49. The lowest BCUT2D eigenvalue weighted by Gasteiger charge is -2.32. The van der Waals surface area contributed by atoms with Gasteiger partial charge in [0, 0.05) is 55.3 Å². The van der Waals surface area contributed by atoms with Crippen LogP contribution in [0, 0.1) is 11.8 Å². The summed E-state index contributed by atoms with van der Waals surface area (Å²) < 4.78 is 68.9. The molecular weight excluding hydrogens is 712 g/mol. The van der Waals surface area contributed by atoms with Crippen LogP contribution in [-0.2, 0) is 26.3 Å². The average Bonchev–Trinajstić information content (AvgIpc) is 3.65. The maximum absolute atomic E-state index is 13.0. The van der Waals surface area contributed by atoms with Crippen molar-refractivity contribution in [2.75, 3.05) is 45.7 Å². The Morgan fingerprint density at radius 2 is 1.55 bits per heavy atom. The fourth-order valence-corrected chi connectivity index (χ4v) is 6.14. The van der Waals surface area contributed by atoms with Crippen LogP contribution in [0.5, 0.6) is 5.75 Å². The van der Waals surface area contributed by atoms with Gasteiger partial charge in [0.15, 0.2) is 0 Å². The number of benzene rings is 3. The maximum atomic E-state index is 13.0. The van der Waals surface area contributed by atoms with Crippen molar-refractivity contribution in [1.29, 1.82) is 0 Å². The molecule has 17 heteroatoms. The van der Waals surface area contributed by atoms with Crippen molar-refractivity contribution in [3.63, 3.8) is 0 Å². The van der Waals surface area contributed by atoms with Crippen LogP contribution in [0.2, 0.25) is 0 Å². The molecule has 1 aliphatic carbocycles. The van der Waals surface area contributed by atoms with E-state index in [1.54, 1.807) is 7.11 Å². The highest BCUT2D eigenvalue weighted by molar-refractivity contribution is 6.10. The van der Waals surface area contributed by atoms with Crippen molar-refractivity contribution in [3.8, 4) is 17.6 Å². The number of carboxylic acid groups (broad SMARTS) is 2. The minimum Gasteiger partial charge on any atom is -0.497 e. The third-order valence-electron chi connectivity index (χ3n) is 9.08. The highest BCUT2D eigenvalue weighted by Crippen LogP contribution is 2.65. The van der Waals surface area contributed by atoms with Gasteiger partial charge in [-0.05, 0) is 78.5 Å². The summed E-state index contributed by atoms with van der Waals surface area (Å²) >= 11 is 0. The van der Waals surface area contributed by atoms with Crippen LogP contribution in [-0.4, -0.2) is 101 Å². The van der Waals surface area contributed by atoms with E-state index < -0.39 is 29.7 Å². The van der Waals surface area contributed by atoms with E-state index in [1.165, 1.54) is 5.56 Å². The Kier molecular flexibility index (Phi) is 11.1. The van der Waals surface area contributed by atoms with Gasteiger partial charge in [-0.2, -0.15) is 31.4 Å². The second kappa shape index (κ2) is 15.2. The number of halogens is 6. The molecule has 0 radical (unpaired) electrons. The number of aliphatic carboxylic acids is 2. The van der Waals surface area contributed by atoms with Crippen LogP contribution < -0.4 is 10.1 Å². The van der Waals surface area contributed by atoms with Gasteiger partial charge in [-0.25, -0.2) is 9.59 Å². The number of nitrogens with one attached hydrogen (secondary N) is 2. The third kappa shape index (κ3) is 8.90. The first kappa shape index (κ1) is 38.6. The number of carbonyl (C=O) groups is 3. The van der Waals surface area contributed by atoms with Crippen molar-refractivity contribution in [2.24, 2.45) is 0 Å². The third-order valence-corrected chi connectivity index (χ3v) is 9.08. The molecule has 4 aromatic rings. The number of ether oxygens (including phenoxy) is 1. The lowest BCUT2D eigenvalue weighted by molar-refractivity contribution is -0.193. The molecule has 0 bridgehead atoms. The van der Waals surface area contributed by atoms with E-state index in [4.69, 9.17) is 24.5 Å². The number of H-pyrrole nitrogens is 1. The SMILES string of the molecule is COc1ccc2c(c1)[C@]1(C[C@H]1c1ccc3c(C#Cc4ccc(CN5CCN(C)CC5)cc4)n[nH]c3c1)C(=O)N2.O=C(O)C(F)(F)F.O=C(O)C(F)(F)F. The second-order valence-corrected chi connectivity index (χ2v) is 12.6. The fourth-order valence-electron chi connectivity index (χ4n) is 6.14. The van der Waals surface area contributed by atoms with Crippen molar-refractivity contribution < 1.29 is 55.7 Å². The summed E-state index contributed by atoms with van der Waals surface area (Å²) in [6, 6.07) is 20.7. The molecular formula is C36H33F6N5O6. The molecule has 2 fully saturated rings. The average molecular weight is 746 g/mol.